The molecule has 0 spiro atoms. The lowest BCUT2D eigenvalue weighted by Crippen LogP contribution is -2.53. The minimum absolute atomic E-state index is 0.0370. The Bertz CT molecular complexity index is 867. The van der Waals surface area contributed by atoms with E-state index in [2.05, 4.69) is 10.6 Å². The van der Waals surface area contributed by atoms with Gasteiger partial charge in [0.2, 0.25) is 0 Å². The Morgan fingerprint density at radius 3 is 1.33 bits per heavy atom. The van der Waals surface area contributed by atoms with Gasteiger partial charge in [0.15, 0.2) is 0 Å². The summed E-state index contributed by atoms with van der Waals surface area (Å²) in [7, 11) is 0. The molecule has 0 saturated carbocycles. The number of unbranched alkanes of at least 4 members (excludes halogenated alkanes) is 7. The van der Waals surface area contributed by atoms with Gasteiger partial charge in [-0.3, -0.25) is 9.59 Å². The predicted octanol–water partition coefficient (Wildman–Crippen LogP) is 5.81. The first-order valence-electron chi connectivity index (χ1n) is 15.1. The minimum atomic E-state index is -1.13. The number of urea groups is 1. The smallest absolute Gasteiger partial charge is 0.329 e. The van der Waals surface area contributed by atoms with Gasteiger partial charge in [0.25, 0.3) is 0 Å². The van der Waals surface area contributed by atoms with Gasteiger partial charge in [0.05, 0.1) is 0 Å². The lowest BCUT2D eigenvalue weighted by molar-refractivity contribution is -0.159. The van der Waals surface area contributed by atoms with Crippen LogP contribution in [0.15, 0.2) is 0 Å². The molecule has 0 bridgehead atoms. The van der Waals surface area contributed by atoms with Crippen LogP contribution in [0.25, 0.3) is 0 Å². The van der Waals surface area contributed by atoms with Crippen LogP contribution in [0.5, 0.6) is 0 Å². The molecule has 0 unspecified atom stereocenters. The van der Waals surface area contributed by atoms with Gasteiger partial charge in [-0.05, 0) is 81.6 Å². The summed E-state index contributed by atoms with van der Waals surface area (Å²) in [5, 5.41) is 13.9. The molecule has 0 aromatic heterocycles. The topological polar surface area (TPSA) is 157 Å². The minimum Gasteiger partial charge on any atom is -0.481 e. The summed E-state index contributed by atoms with van der Waals surface area (Å²) in [6, 6.07) is -2.80. The Morgan fingerprint density at radius 2 is 0.929 bits per heavy atom. The molecule has 0 aliphatic carbocycles. The largest absolute Gasteiger partial charge is 0.481 e. The maximum absolute atomic E-state index is 13.0. The maximum Gasteiger partial charge on any atom is 0.329 e. The molecular formula is C31H56N2O9. The first-order chi connectivity index (χ1) is 19.2. The van der Waals surface area contributed by atoms with E-state index in [1.54, 1.807) is 62.3 Å². The van der Waals surface area contributed by atoms with Gasteiger partial charge in [0.1, 0.15) is 28.9 Å². The number of amides is 2. The van der Waals surface area contributed by atoms with E-state index < -0.39 is 58.8 Å². The molecule has 2 amide bonds. The van der Waals surface area contributed by atoms with E-state index in [0.29, 0.717) is 19.3 Å². The zero-order valence-electron chi connectivity index (χ0n) is 27.4. The zero-order chi connectivity index (χ0) is 32.6. The Labute approximate surface area is 252 Å². The van der Waals surface area contributed by atoms with Crippen molar-refractivity contribution in [3.05, 3.63) is 0 Å². The highest BCUT2D eigenvalue weighted by atomic mass is 16.6. The fourth-order valence-corrected chi connectivity index (χ4v) is 3.94. The summed E-state index contributed by atoms with van der Waals surface area (Å²) in [4.78, 5) is 61.6. The molecule has 0 rings (SSSR count). The first kappa shape index (κ1) is 39.1. The molecular weight excluding hydrogens is 544 g/mol. The molecule has 244 valence electrons. The third kappa shape index (κ3) is 22.8. The van der Waals surface area contributed by atoms with Crippen LogP contribution >= 0.6 is 0 Å². The van der Waals surface area contributed by atoms with Crippen LogP contribution in [-0.4, -0.2) is 63.9 Å². The van der Waals surface area contributed by atoms with Gasteiger partial charge in [-0.1, -0.05) is 44.9 Å². The average molecular weight is 601 g/mol. The van der Waals surface area contributed by atoms with E-state index >= 15 is 0 Å². The Balaban J connectivity index is 5.14. The van der Waals surface area contributed by atoms with Crippen molar-refractivity contribution in [2.24, 2.45) is 0 Å². The average Bonchev–Trinajstić information content (AvgIpc) is 2.78. The van der Waals surface area contributed by atoms with Crippen molar-refractivity contribution in [1.82, 2.24) is 10.6 Å². The van der Waals surface area contributed by atoms with Crippen molar-refractivity contribution in [1.29, 1.82) is 0 Å². The fraction of sp³-hybridized carbons (Fsp3) is 0.839. The summed E-state index contributed by atoms with van der Waals surface area (Å²) in [5.74, 6) is -2.54. The lowest BCUT2D eigenvalue weighted by atomic mass is 10.0. The highest BCUT2D eigenvalue weighted by molar-refractivity contribution is 5.87. The second-order valence-electron chi connectivity index (χ2n) is 13.7. The number of nitrogens with one attached hydrogen (secondary N) is 2. The molecule has 11 nitrogen and oxygen atoms in total. The van der Waals surface area contributed by atoms with E-state index in [9.17, 15) is 24.0 Å². The van der Waals surface area contributed by atoms with Crippen molar-refractivity contribution in [3.8, 4) is 0 Å². The highest BCUT2D eigenvalue weighted by Gasteiger charge is 2.31. The van der Waals surface area contributed by atoms with Gasteiger partial charge >= 0.3 is 29.9 Å². The first-order valence-corrected chi connectivity index (χ1v) is 15.1. The van der Waals surface area contributed by atoms with Crippen LogP contribution in [0, 0.1) is 0 Å². The molecule has 0 aromatic carbocycles. The molecule has 3 N–H and O–H groups in total. The SMILES string of the molecule is CC(C)(C)OC(=O)CC[C@H](NC(=O)N[C@@H](CCCCCCCCCCC(=O)O)C(=O)OC(C)(C)C)C(=O)OC(C)(C)C. The number of carboxylic acid groups (broad SMARTS) is 1. The molecule has 0 saturated heterocycles. The monoisotopic (exact) mass is 600 g/mol. The number of carbonyl (C=O) groups is 5. The summed E-state index contributed by atoms with van der Waals surface area (Å²) < 4.78 is 16.3. The number of ether oxygens (including phenoxy) is 3. The number of carboxylic acids is 1. The Morgan fingerprint density at radius 1 is 0.548 bits per heavy atom. The lowest BCUT2D eigenvalue weighted by Gasteiger charge is -2.27. The number of esters is 3. The van der Waals surface area contributed by atoms with Crippen molar-refractivity contribution in [3.63, 3.8) is 0 Å². The van der Waals surface area contributed by atoms with Crippen LogP contribution in [-0.2, 0) is 33.4 Å². The van der Waals surface area contributed by atoms with E-state index in [4.69, 9.17) is 19.3 Å². The number of carbonyl (C=O) groups excluding carboxylic acids is 4. The summed E-state index contributed by atoms with van der Waals surface area (Å²) >= 11 is 0. The van der Waals surface area contributed by atoms with Crippen LogP contribution < -0.4 is 10.6 Å². The number of rotatable bonds is 18. The zero-order valence-corrected chi connectivity index (χ0v) is 27.4. The quantitative estimate of drug-likeness (QED) is 0.100. The molecule has 0 fully saturated rings. The van der Waals surface area contributed by atoms with Crippen molar-refractivity contribution in [2.75, 3.05) is 0 Å². The Hall–Kier alpha value is -2.85. The highest BCUT2D eigenvalue weighted by Crippen LogP contribution is 2.16. The van der Waals surface area contributed by atoms with Gasteiger partial charge in [0, 0.05) is 12.8 Å². The molecule has 0 aliphatic heterocycles. The van der Waals surface area contributed by atoms with Crippen LogP contribution in [0.2, 0.25) is 0 Å². The third-order valence-corrected chi connectivity index (χ3v) is 5.68. The summed E-state index contributed by atoms with van der Waals surface area (Å²) in [6.45, 7) is 15.6. The predicted molar refractivity (Wildman–Crippen MR) is 160 cm³/mol. The van der Waals surface area contributed by atoms with E-state index in [-0.39, 0.29) is 19.3 Å². The van der Waals surface area contributed by atoms with Gasteiger partial charge in [-0.15, -0.1) is 0 Å². The van der Waals surface area contributed by atoms with Gasteiger partial charge in [-0.25, -0.2) is 14.4 Å². The fourth-order valence-electron chi connectivity index (χ4n) is 3.94. The second-order valence-corrected chi connectivity index (χ2v) is 13.7. The molecule has 0 aromatic rings. The number of hydrogen-bond donors (Lipinski definition) is 3. The van der Waals surface area contributed by atoms with Crippen LogP contribution in [0.1, 0.15) is 139 Å². The number of aliphatic carboxylic acids is 1. The summed E-state index contributed by atoms with van der Waals surface area (Å²) in [6.07, 6.45) is 7.50. The van der Waals surface area contributed by atoms with Crippen LogP contribution in [0.3, 0.4) is 0 Å². The molecule has 11 heteroatoms. The summed E-state index contributed by atoms with van der Waals surface area (Å²) in [5.41, 5.74) is -2.25. The van der Waals surface area contributed by atoms with Crippen molar-refractivity contribution < 1.29 is 43.3 Å². The van der Waals surface area contributed by atoms with E-state index in [0.717, 1.165) is 38.5 Å². The normalized spacial score (nSPS) is 13.5. The maximum atomic E-state index is 13.0. The van der Waals surface area contributed by atoms with Crippen molar-refractivity contribution >= 4 is 29.9 Å². The molecule has 2 atom stereocenters. The van der Waals surface area contributed by atoms with E-state index in [1.807, 2.05) is 0 Å². The molecule has 0 aliphatic rings. The Kier molecular flexibility index (Phi) is 17.4. The number of hydrogen-bond acceptors (Lipinski definition) is 8. The molecule has 0 heterocycles. The second kappa shape index (κ2) is 18.6. The van der Waals surface area contributed by atoms with Crippen molar-refractivity contribution in [2.45, 2.75) is 168 Å². The molecule has 42 heavy (non-hydrogen) atoms. The van der Waals surface area contributed by atoms with Gasteiger partial charge < -0.3 is 30.0 Å². The van der Waals surface area contributed by atoms with E-state index in [1.165, 1.54) is 0 Å². The van der Waals surface area contributed by atoms with Gasteiger partial charge in [-0.2, -0.15) is 0 Å². The standard InChI is InChI=1S/C31H56N2O9/c1-29(2,3)40-25(36)21-20-23(27(38)42-31(7,8)9)33-28(39)32-22(26(37)41-30(4,5)6)18-16-14-12-10-11-13-15-17-19-24(34)35/h22-23H,10-21H2,1-9H3,(H,34,35)(H2,32,33,39)/t22-,23-/m0/s1. The molecule has 0 radical (unpaired) electrons. The third-order valence-electron chi connectivity index (χ3n) is 5.68. The van der Waals surface area contributed by atoms with Crippen LogP contribution in [0.4, 0.5) is 4.79 Å².